The summed E-state index contributed by atoms with van der Waals surface area (Å²) in [6.45, 7) is 0.502. The minimum Gasteiger partial charge on any atom is -0.497 e. The van der Waals surface area contributed by atoms with Crippen LogP contribution in [0, 0.1) is 0 Å². The lowest BCUT2D eigenvalue weighted by atomic mass is 10.1. The van der Waals surface area contributed by atoms with Gasteiger partial charge in [0.05, 0.1) is 12.6 Å². The molecule has 1 amide bonds. The Balaban J connectivity index is 1.62. The minimum atomic E-state index is -0.380. The maximum atomic E-state index is 12.1. The summed E-state index contributed by atoms with van der Waals surface area (Å²) >= 11 is 0. The number of hydrogen-bond acceptors (Lipinski definition) is 4. The summed E-state index contributed by atoms with van der Waals surface area (Å²) in [5.41, 5.74) is 2.92. The van der Waals surface area contributed by atoms with Gasteiger partial charge in [0.1, 0.15) is 5.75 Å². The number of aromatic nitrogens is 1. The molecule has 124 valence electrons. The summed E-state index contributed by atoms with van der Waals surface area (Å²) in [5, 5.41) is 2.88. The van der Waals surface area contributed by atoms with Crippen LogP contribution in [0.25, 0.3) is 11.1 Å². The number of rotatable bonds is 5. The average molecular weight is 326 g/mol. The van der Waals surface area contributed by atoms with E-state index in [1.165, 1.54) is 4.57 Å². The van der Waals surface area contributed by atoms with E-state index < -0.39 is 0 Å². The van der Waals surface area contributed by atoms with Crippen molar-refractivity contribution in [3.63, 3.8) is 0 Å². The highest BCUT2D eigenvalue weighted by molar-refractivity contribution is 5.94. The molecule has 1 aromatic heterocycles. The summed E-state index contributed by atoms with van der Waals surface area (Å²) in [7, 11) is 3.26. The summed E-state index contributed by atoms with van der Waals surface area (Å²) < 4.78 is 11.6. The van der Waals surface area contributed by atoms with Gasteiger partial charge in [0.25, 0.3) is 5.91 Å². The Bertz CT molecular complexity index is 922. The number of methoxy groups -OCH3 is 1. The number of oxazole rings is 1. The standard InChI is InChI=1S/C18H18N2O4/c1-20-15-11-12(3-8-16(15)24-18(20)22)9-10-19-17(21)13-4-6-14(23-2)7-5-13/h3-8,11H,9-10H2,1-2H3,(H,19,21). The zero-order chi connectivity index (χ0) is 17.1. The van der Waals surface area contributed by atoms with Gasteiger partial charge in [-0.1, -0.05) is 6.07 Å². The third-order valence-corrected chi connectivity index (χ3v) is 3.91. The van der Waals surface area contributed by atoms with E-state index in [-0.39, 0.29) is 11.7 Å². The molecular formula is C18H18N2O4. The third kappa shape index (κ3) is 3.17. The van der Waals surface area contributed by atoms with Crippen LogP contribution in [0.15, 0.2) is 51.7 Å². The van der Waals surface area contributed by atoms with E-state index in [1.807, 2.05) is 12.1 Å². The van der Waals surface area contributed by atoms with Crippen LogP contribution in [0.2, 0.25) is 0 Å². The topological polar surface area (TPSA) is 73.5 Å². The molecule has 0 aliphatic rings. The highest BCUT2D eigenvalue weighted by Crippen LogP contribution is 2.15. The summed E-state index contributed by atoms with van der Waals surface area (Å²) in [6.07, 6.45) is 0.664. The fraction of sp³-hybridized carbons (Fsp3) is 0.222. The fourth-order valence-electron chi connectivity index (χ4n) is 2.49. The van der Waals surface area contributed by atoms with Crippen LogP contribution in [-0.2, 0) is 13.5 Å². The van der Waals surface area contributed by atoms with Gasteiger partial charge >= 0.3 is 5.76 Å². The van der Waals surface area contributed by atoms with Gasteiger partial charge in [0, 0.05) is 19.2 Å². The summed E-state index contributed by atoms with van der Waals surface area (Å²) in [5.74, 6) is 0.204. The van der Waals surface area contributed by atoms with Crippen molar-refractivity contribution in [2.75, 3.05) is 13.7 Å². The number of hydrogen-bond donors (Lipinski definition) is 1. The Morgan fingerprint density at radius 1 is 1.21 bits per heavy atom. The number of amides is 1. The largest absolute Gasteiger partial charge is 0.497 e. The van der Waals surface area contributed by atoms with Gasteiger partial charge < -0.3 is 14.5 Å². The normalized spacial score (nSPS) is 10.8. The predicted octanol–water partition coefficient (Wildman–Crippen LogP) is 2.11. The molecular weight excluding hydrogens is 308 g/mol. The average Bonchev–Trinajstić information content (AvgIpc) is 2.89. The first-order chi connectivity index (χ1) is 11.6. The van der Waals surface area contributed by atoms with Crippen LogP contribution in [0.5, 0.6) is 5.75 Å². The van der Waals surface area contributed by atoms with Crippen molar-refractivity contribution in [3.8, 4) is 5.75 Å². The second-order valence-corrected chi connectivity index (χ2v) is 5.46. The summed E-state index contributed by atoms with van der Waals surface area (Å²) in [4.78, 5) is 23.6. The van der Waals surface area contributed by atoms with Crippen molar-refractivity contribution < 1.29 is 13.9 Å². The first-order valence-electron chi connectivity index (χ1n) is 7.59. The van der Waals surface area contributed by atoms with Crippen LogP contribution in [-0.4, -0.2) is 24.1 Å². The molecule has 3 aromatic rings. The fourth-order valence-corrected chi connectivity index (χ4v) is 2.49. The second kappa shape index (κ2) is 6.62. The minimum absolute atomic E-state index is 0.130. The molecule has 3 rings (SSSR count). The predicted molar refractivity (Wildman–Crippen MR) is 90.5 cm³/mol. The SMILES string of the molecule is COc1ccc(C(=O)NCCc2ccc3oc(=O)n(C)c3c2)cc1. The number of ether oxygens (including phenoxy) is 1. The number of carbonyl (C=O) groups is 1. The van der Waals surface area contributed by atoms with Gasteiger partial charge in [0.15, 0.2) is 5.58 Å². The van der Waals surface area contributed by atoms with Crippen molar-refractivity contribution in [3.05, 3.63) is 64.1 Å². The van der Waals surface area contributed by atoms with Crippen molar-refractivity contribution in [2.45, 2.75) is 6.42 Å². The number of nitrogens with one attached hydrogen (secondary N) is 1. The van der Waals surface area contributed by atoms with E-state index in [4.69, 9.17) is 9.15 Å². The van der Waals surface area contributed by atoms with Crippen LogP contribution < -0.4 is 15.8 Å². The van der Waals surface area contributed by atoms with Gasteiger partial charge in [-0.2, -0.15) is 0 Å². The number of benzene rings is 2. The maximum absolute atomic E-state index is 12.1. The van der Waals surface area contributed by atoms with Gasteiger partial charge in [-0.15, -0.1) is 0 Å². The Labute approximate surface area is 138 Å². The van der Waals surface area contributed by atoms with E-state index >= 15 is 0 Å². The number of fused-ring (bicyclic) bond motifs is 1. The molecule has 0 unspecified atom stereocenters. The monoisotopic (exact) mass is 326 g/mol. The van der Waals surface area contributed by atoms with Crippen LogP contribution in [0.3, 0.4) is 0 Å². The van der Waals surface area contributed by atoms with Crippen molar-refractivity contribution in [1.29, 1.82) is 0 Å². The molecule has 2 aromatic carbocycles. The molecule has 0 saturated carbocycles. The van der Waals surface area contributed by atoms with E-state index in [2.05, 4.69) is 5.32 Å². The molecule has 1 N–H and O–H groups in total. The first kappa shape index (κ1) is 15.9. The van der Waals surface area contributed by atoms with Crippen LogP contribution >= 0.6 is 0 Å². The zero-order valence-electron chi connectivity index (χ0n) is 13.5. The van der Waals surface area contributed by atoms with Gasteiger partial charge in [-0.3, -0.25) is 9.36 Å². The molecule has 1 heterocycles. The van der Waals surface area contributed by atoms with E-state index in [0.29, 0.717) is 29.9 Å². The molecule has 0 aliphatic carbocycles. The molecule has 24 heavy (non-hydrogen) atoms. The molecule has 0 radical (unpaired) electrons. The number of aryl methyl sites for hydroxylation is 1. The van der Waals surface area contributed by atoms with Crippen molar-refractivity contribution >= 4 is 17.0 Å². The summed E-state index contributed by atoms with van der Waals surface area (Å²) in [6, 6.07) is 12.5. The highest BCUT2D eigenvalue weighted by atomic mass is 16.5. The van der Waals surface area contributed by atoms with E-state index in [9.17, 15) is 9.59 Å². The number of nitrogens with zero attached hydrogens (tertiary/aromatic N) is 1. The quantitative estimate of drug-likeness (QED) is 0.779. The van der Waals surface area contributed by atoms with Crippen molar-refractivity contribution in [2.24, 2.45) is 7.05 Å². The lowest BCUT2D eigenvalue weighted by Crippen LogP contribution is -2.25. The molecule has 0 aliphatic heterocycles. The molecule has 0 saturated heterocycles. The molecule has 0 fully saturated rings. The molecule has 0 atom stereocenters. The maximum Gasteiger partial charge on any atom is 0.419 e. The smallest absolute Gasteiger partial charge is 0.419 e. The Hall–Kier alpha value is -3.02. The molecule has 0 spiro atoms. The van der Waals surface area contributed by atoms with E-state index in [0.717, 1.165) is 11.1 Å². The second-order valence-electron chi connectivity index (χ2n) is 5.46. The zero-order valence-corrected chi connectivity index (χ0v) is 13.5. The van der Waals surface area contributed by atoms with Gasteiger partial charge in [-0.25, -0.2) is 4.79 Å². The Kier molecular flexibility index (Phi) is 4.37. The Morgan fingerprint density at radius 2 is 1.96 bits per heavy atom. The van der Waals surface area contributed by atoms with Crippen LogP contribution in [0.1, 0.15) is 15.9 Å². The van der Waals surface area contributed by atoms with E-state index in [1.54, 1.807) is 44.5 Å². The van der Waals surface area contributed by atoms with Crippen molar-refractivity contribution in [1.82, 2.24) is 9.88 Å². The first-order valence-corrected chi connectivity index (χ1v) is 7.59. The lowest BCUT2D eigenvalue weighted by molar-refractivity contribution is 0.0954. The Morgan fingerprint density at radius 3 is 2.67 bits per heavy atom. The molecule has 6 nitrogen and oxygen atoms in total. The van der Waals surface area contributed by atoms with Crippen LogP contribution in [0.4, 0.5) is 0 Å². The highest BCUT2D eigenvalue weighted by Gasteiger charge is 2.08. The van der Waals surface area contributed by atoms with Gasteiger partial charge in [-0.05, 0) is 48.4 Å². The van der Waals surface area contributed by atoms with Gasteiger partial charge in [0.2, 0.25) is 0 Å². The third-order valence-electron chi connectivity index (χ3n) is 3.91. The molecule has 0 bridgehead atoms. The number of carbonyl (C=O) groups excluding carboxylic acids is 1. The molecule has 6 heteroatoms. The lowest BCUT2D eigenvalue weighted by Gasteiger charge is -2.06.